The maximum absolute atomic E-state index is 12.2. The van der Waals surface area contributed by atoms with E-state index in [2.05, 4.69) is 11.9 Å². The van der Waals surface area contributed by atoms with Crippen LogP contribution >= 0.6 is 0 Å². The largest absolute Gasteiger partial charge is 0.461 e. The molecular formula is C29H49NO4. The molecule has 0 aliphatic carbocycles. The van der Waals surface area contributed by atoms with Gasteiger partial charge in [-0.05, 0) is 24.5 Å². The minimum atomic E-state index is -0.513. The van der Waals surface area contributed by atoms with Gasteiger partial charge in [0, 0.05) is 0 Å². The second-order valence-electron chi connectivity index (χ2n) is 9.84. The van der Waals surface area contributed by atoms with Crippen molar-refractivity contribution in [1.29, 1.82) is 0 Å². The quantitative estimate of drug-likeness (QED) is 0.132. The first-order chi connectivity index (χ1) is 16.5. The first-order valence-corrected chi connectivity index (χ1v) is 13.9. The number of unbranched alkanes of at least 4 members (excludes halogenated alkanes) is 15. The second-order valence-corrected chi connectivity index (χ2v) is 9.84. The Morgan fingerprint density at radius 3 is 1.53 bits per heavy atom. The summed E-state index contributed by atoms with van der Waals surface area (Å²) in [7, 11) is 0. The molecule has 1 aromatic rings. The third-order valence-corrected chi connectivity index (χ3v) is 5.95. The zero-order valence-corrected chi connectivity index (χ0v) is 22.1. The van der Waals surface area contributed by atoms with E-state index in [1.54, 1.807) is 18.2 Å². The molecule has 1 rings (SSSR count). The molecule has 1 heterocycles. The van der Waals surface area contributed by atoms with Crippen LogP contribution in [0.15, 0.2) is 18.2 Å². The lowest BCUT2D eigenvalue weighted by atomic mass is 10.0. The van der Waals surface area contributed by atoms with Crippen molar-refractivity contribution >= 4 is 11.9 Å². The fourth-order valence-corrected chi connectivity index (χ4v) is 3.87. The Morgan fingerprint density at radius 1 is 0.676 bits per heavy atom. The summed E-state index contributed by atoms with van der Waals surface area (Å²) in [6, 6.07) is 4.74. The molecule has 5 nitrogen and oxygen atoms in total. The van der Waals surface area contributed by atoms with E-state index in [-0.39, 0.29) is 17.3 Å². The first kappa shape index (κ1) is 30.1. The van der Waals surface area contributed by atoms with Crippen molar-refractivity contribution in [3.63, 3.8) is 0 Å². The number of nitrogens with zero attached hydrogens (tertiary/aromatic N) is 1. The van der Waals surface area contributed by atoms with Crippen LogP contribution in [-0.2, 0) is 9.47 Å². The highest BCUT2D eigenvalue weighted by Gasteiger charge is 2.14. The van der Waals surface area contributed by atoms with Crippen molar-refractivity contribution in [3.8, 4) is 0 Å². The van der Waals surface area contributed by atoms with Gasteiger partial charge in [-0.15, -0.1) is 0 Å². The number of aromatic nitrogens is 1. The van der Waals surface area contributed by atoms with Crippen LogP contribution in [0.2, 0.25) is 0 Å². The number of pyridine rings is 1. The predicted molar refractivity (Wildman–Crippen MR) is 139 cm³/mol. The Hall–Kier alpha value is -1.91. The van der Waals surface area contributed by atoms with Gasteiger partial charge in [-0.3, -0.25) is 0 Å². The van der Waals surface area contributed by atoms with E-state index in [0.717, 1.165) is 12.8 Å². The van der Waals surface area contributed by atoms with Crippen molar-refractivity contribution in [1.82, 2.24) is 4.98 Å². The third kappa shape index (κ3) is 15.8. The molecule has 0 unspecified atom stereocenters. The molecule has 0 aromatic carbocycles. The molecule has 0 aliphatic rings. The summed E-state index contributed by atoms with van der Waals surface area (Å²) in [4.78, 5) is 28.3. The van der Waals surface area contributed by atoms with E-state index in [4.69, 9.17) is 9.47 Å². The molecule has 194 valence electrons. The fourth-order valence-electron chi connectivity index (χ4n) is 3.87. The number of ether oxygens (including phenoxy) is 2. The van der Waals surface area contributed by atoms with Crippen LogP contribution in [0.4, 0.5) is 0 Å². The van der Waals surface area contributed by atoms with Gasteiger partial charge in [-0.1, -0.05) is 123 Å². The number of hydrogen-bond donors (Lipinski definition) is 0. The molecule has 0 atom stereocenters. The molecule has 34 heavy (non-hydrogen) atoms. The van der Waals surface area contributed by atoms with Gasteiger partial charge in [0.15, 0.2) is 0 Å². The van der Waals surface area contributed by atoms with Gasteiger partial charge >= 0.3 is 11.9 Å². The monoisotopic (exact) mass is 475 g/mol. The van der Waals surface area contributed by atoms with Gasteiger partial charge in [0.1, 0.15) is 11.4 Å². The highest BCUT2D eigenvalue weighted by Crippen LogP contribution is 2.14. The van der Waals surface area contributed by atoms with Crippen LogP contribution in [0.1, 0.15) is 144 Å². The number of hydrogen-bond acceptors (Lipinski definition) is 5. The van der Waals surface area contributed by atoms with Gasteiger partial charge < -0.3 is 9.47 Å². The minimum absolute atomic E-state index is 0.137. The van der Waals surface area contributed by atoms with Gasteiger partial charge in [-0.2, -0.15) is 0 Å². The standard InChI is InChI=1S/C29H49NO4/c1-4-5-6-7-8-9-10-11-12-13-14-15-16-17-18-19-23-33-28(31)26-21-20-22-27(30-26)29(32)34-24-25(2)3/h20-22,25H,4-19,23-24H2,1-3H3. The molecule has 0 aliphatic heterocycles. The average Bonchev–Trinajstić information content (AvgIpc) is 2.84. The summed E-state index contributed by atoms with van der Waals surface area (Å²) in [6.07, 6.45) is 21.0. The Kier molecular flexibility index (Phi) is 18.1. The maximum Gasteiger partial charge on any atom is 0.356 e. The summed E-state index contributed by atoms with van der Waals surface area (Å²) in [5, 5.41) is 0. The topological polar surface area (TPSA) is 65.5 Å². The van der Waals surface area contributed by atoms with Crippen molar-refractivity contribution in [3.05, 3.63) is 29.6 Å². The van der Waals surface area contributed by atoms with E-state index < -0.39 is 11.9 Å². The number of carbonyl (C=O) groups is 2. The summed E-state index contributed by atoms with van der Waals surface area (Å²) < 4.78 is 10.5. The molecule has 0 saturated carbocycles. The molecule has 5 heteroatoms. The Balaban J connectivity index is 1.98. The lowest BCUT2D eigenvalue weighted by Crippen LogP contribution is -2.15. The molecule has 0 saturated heterocycles. The number of rotatable bonds is 21. The van der Waals surface area contributed by atoms with Crippen LogP contribution in [0, 0.1) is 5.92 Å². The summed E-state index contributed by atoms with van der Waals surface area (Å²) in [5.74, 6) is -0.752. The third-order valence-electron chi connectivity index (χ3n) is 5.95. The molecule has 0 amide bonds. The zero-order chi connectivity index (χ0) is 24.9. The lowest BCUT2D eigenvalue weighted by molar-refractivity contribution is 0.0450. The molecule has 0 fully saturated rings. The van der Waals surface area contributed by atoms with Gasteiger partial charge in [-0.25, -0.2) is 14.6 Å². The van der Waals surface area contributed by atoms with Crippen LogP contribution < -0.4 is 0 Å². The lowest BCUT2D eigenvalue weighted by Gasteiger charge is -2.08. The summed E-state index contributed by atoms with van der Waals surface area (Å²) in [6.45, 7) is 6.92. The van der Waals surface area contributed by atoms with Crippen molar-refractivity contribution in [2.24, 2.45) is 5.92 Å². The van der Waals surface area contributed by atoms with Crippen molar-refractivity contribution < 1.29 is 19.1 Å². The Labute approximate surface area is 208 Å². The normalized spacial score (nSPS) is 11.1. The second kappa shape index (κ2) is 20.5. The van der Waals surface area contributed by atoms with Gasteiger partial charge in [0.25, 0.3) is 0 Å². The maximum atomic E-state index is 12.2. The van der Waals surface area contributed by atoms with E-state index in [0.29, 0.717) is 13.2 Å². The zero-order valence-electron chi connectivity index (χ0n) is 22.1. The van der Waals surface area contributed by atoms with E-state index >= 15 is 0 Å². The number of esters is 2. The molecular weight excluding hydrogens is 426 g/mol. The van der Waals surface area contributed by atoms with Crippen molar-refractivity contribution in [2.75, 3.05) is 13.2 Å². The highest BCUT2D eigenvalue weighted by molar-refractivity contribution is 5.91. The smallest absolute Gasteiger partial charge is 0.356 e. The van der Waals surface area contributed by atoms with Crippen LogP contribution in [0.3, 0.4) is 0 Å². The summed E-state index contributed by atoms with van der Waals surface area (Å²) >= 11 is 0. The van der Waals surface area contributed by atoms with E-state index in [9.17, 15) is 9.59 Å². The van der Waals surface area contributed by atoms with Crippen LogP contribution in [0.25, 0.3) is 0 Å². The molecule has 0 N–H and O–H groups in total. The van der Waals surface area contributed by atoms with Gasteiger partial charge in [0.2, 0.25) is 0 Å². The average molecular weight is 476 g/mol. The molecule has 0 spiro atoms. The molecule has 0 bridgehead atoms. The molecule has 0 radical (unpaired) electrons. The van der Waals surface area contributed by atoms with Crippen LogP contribution in [0.5, 0.6) is 0 Å². The fraction of sp³-hybridized carbons (Fsp3) is 0.759. The van der Waals surface area contributed by atoms with Gasteiger partial charge in [0.05, 0.1) is 13.2 Å². The summed E-state index contributed by atoms with van der Waals surface area (Å²) in [5.41, 5.74) is 0.285. The Morgan fingerprint density at radius 2 is 1.09 bits per heavy atom. The SMILES string of the molecule is CCCCCCCCCCCCCCCCCCOC(=O)c1cccc(C(=O)OCC(C)C)n1. The minimum Gasteiger partial charge on any atom is -0.461 e. The highest BCUT2D eigenvalue weighted by atomic mass is 16.5. The first-order valence-electron chi connectivity index (χ1n) is 13.9. The predicted octanol–water partition coefficient (Wildman–Crippen LogP) is 8.31. The Bertz CT molecular complexity index is 659. The van der Waals surface area contributed by atoms with Crippen LogP contribution in [-0.4, -0.2) is 30.1 Å². The van der Waals surface area contributed by atoms with Crippen molar-refractivity contribution in [2.45, 2.75) is 124 Å². The number of carbonyl (C=O) groups excluding carboxylic acids is 2. The van der Waals surface area contributed by atoms with E-state index in [1.165, 1.54) is 89.9 Å². The van der Waals surface area contributed by atoms with E-state index in [1.807, 2.05) is 13.8 Å². The molecule has 1 aromatic heterocycles.